The molecule has 0 radical (unpaired) electrons. The third kappa shape index (κ3) is 3.18. The van der Waals surface area contributed by atoms with Crippen LogP contribution in [0.4, 0.5) is 4.39 Å². The number of fused-ring (bicyclic) bond motifs is 1. The van der Waals surface area contributed by atoms with Crippen LogP contribution in [0.2, 0.25) is 0 Å². The first-order valence-electron chi connectivity index (χ1n) is 8.51. The Morgan fingerprint density at radius 2 is 1.85 bits per heavy atom. The number of aromatic nitrogens is 1. The Morgan fingerprint density at radius 1 is 1.08 bits per heavy atom. The van der Waals surface area contributed by atoms with Crippen LogP contribution in [0.25, 0.3) is 10.9 Å². The number of carbonyl (C=O) groups excluding carboxylic acids is 2. The van der Waals surface area contributed by atoms with Gasteiger partial charge in [0, 0.05) is 23.0 Å². The molecule has 6 heteroatoms. The van der Waals surface area contributed by atoms with Crippen molar-refractivity contribution in [2.75, 3.05) is 0 Å². The van der Waals surface area contributed by atoms with Crippen molar-refractivity contribution < 1.29 is 14.0 Å². The summed E-state index contributed by atoms with van der Waals surface area (Å²) >= 11 is 0. The second kappa shape index (κ2) is 6.63. The van der Waals surface area contributed by atoms with Gasteiger partial charge < -0.3 is 4.98 Å². The normalized spacial score (nSPS) is 18.5. The van der Waals surface area contributed by atoms with Crippen molar-refractivity contribution in [1.29, 1.82) is 0 Å². The molecular weight excluding hydrogens is 333 g/mol. The third-order valence-electron chi connectivity index (χ3n) is 4.78. The van der Waals surface area contributed by atoms with Gasteiger partial charge >= 0.3 is 0 Å². The lowest BCUT2D eigenvalue weighted by Gasteiger charge is -2.07. The van der Waals surface area contributed by atoms with Crippen molar-refractivity contribution in [2.45, 2.75) is 18.8 Å². The van der Waals surface area contributed by atoms with Gasteiger partial charge in [-0.3, -0.25) is 20.4 Å². The lowest BCUT2D eigenvalue weighted by molar-refractivity contribution is -0.129. The zero-order chi connectivity index (χ0) is 18.1. The molecule has 3 N–H and O–H groups in total. The molecule has 2 aromatic carbocycles. The van der Waals surface area contributed by atoms with E-state index in [1.165, 1.54) is 6.07 Å². The number of halogens is 1. The predicted octanol–water partition coefficient (Wildman–Crippen LogP) is 2.80. The van der Waals surface area contributed by atoms with Crippen molar-refractivity contribution in [3.8, 4) is 0 Å². The van der Waals surface area contributed by atoms with Crippen LogP contribution in [-0.2, 0) is 16.0 Å². The smallest absolute Gasteiger partial charge is 0.242 e. The van der Waals surface area contributed by atoms with E-state index in [1.807, 2.05) is 24.3 Å². The molecule has 3 aromatic rings. The summed E-state index contributed by atoms with van der Waals surface area (Å²) in [6, 6.07) is 14.2. The average molecular weight is 351 g/mol. The highest BCUT2D eigenvalue weighted by atomic mass is 19.1. The molecule has 1 aliphatic carbocycles. The molecular formula is C20H18FN3O2. The van der Waals surface area contributed by atoms with Gasteiger partial charge in [0.25, 0.3) is 0 Å². The highest BCUT2D eigenvalue weighted by Crippen LogP contribution is 2.48. The molecule has 1 aliphatic rings. The Morgan fingerprint density at radius 3 is 2.69 bits per heavy atom. The molecule has 2 amide bonds. The molecule has 1 heterocycles. The summed E-state index contributed by atoms with van der Waals surface area (Å²) in [7, 11) is 0. The van der Waals surface area contributed by atoms with Gasteiger partial charge in [0.1, 0.15) is 5.82 Å². The van der Waals surface area contributed by atoms with Crippen molar-refractivity contribution in [1.82, 2.24) is 15.8 Å². The van der Waals surface area contributed by atoms with Crippen LogP contribution in [0.15, 0.2) is 54.7 Å². The van der Waals surface area contributed by atoms with Crippen LogP contribution in [0.1, 0.15) is 23.5 Å². The first kappa shape index (κ1) is 16.3. The number of para-hydroxylation sites is 1. The molecule has 1 saturated carbocycles. The Hall–Kier alpha value is -3.15. The Bertz CT molecular complexity index is 982. The lowest BCUT2D eigenvalue weighted by Crippen LogP contribution is -2.43. The molecule has 5 nitrogen and oxygen atoms in total. The van der Waals surface area contributed by atoms with Crippen molar-refractivity contribution >= 4 is 22.7 Å². The maximum atomic E-state index is 13.8. The number of aromatic amines is 1. The minimum atomic E-state index is -0.305. The SMILES string of the molecule is O=C(Cc1c[nH]c2ccccc12)NNC(=O)C1CC1c1ccccc1F. The number of nitrogens with one attached hydrogen (secondary N) is 3. The number of carbonyl (C=O) groups is 2. The summed E-state index contributed by atoms with van der Waals surface area (Å²) < 4.78 is 13.8. The maximum absolute atomic E-state index is 13.8. The van der Waals surface area contributed by atoms with Gasteiger partial charge in [-0.25, -0.2) is 4.39 Å². The topological polar surface area (TPSA) is 74.0 Å². The van der Waals surface area contributed by atoms with E-state index >= 15 is 0 Å². The number of H-pyrrole nitrogens is 1. The van der Waals surface area contributed by atoms with Gasteiger partial charge in [-0.1, -0.05) is 36.4 Å². The fourth-order valence-electron chi connectivity index (χ4n) is 3.32. The van der Waals surface area contributed by atoms with E-state index in [9.17, 15) is 14.0 Å². The zero-order valence-corrected chi connectivity index (χ0v) is 14.0. The first-order chi connectivity index (χ1) is 12.6. The van der Waals surface area contributed by atoms with Gasteiger partial charge in [0.05, 0.1) is 6.42 Å². The Labute approximate surface area is 149 Å². The third-order valence-corrected chi connectivity index (χ3v) is 4.78. The van der Waals surface area contributed by atoms with E-state index in [0.717, 1.165) is 16.5 Å². The number of hydrogen-bond acceptors (Lipinski definition) is 2. The zero-order valence-electron chi connectivity index (χ0n) is 14.0. The summed E-state index contributed by atoms with van der Waals surface area (Å²) in [6.07, 6.45) is 2.54. The van der Waals surface area contributed by atoms with Crippen molar-refractivity contribution in [3.63, 3.8) is 0 Å². The van der Waals surface area contributed by atoms with E-state index in [-0.39, 0.29) is 35.9 Å². The Kier molecular flexibility index (Phi) is 4.16. The van der Waals surface area contributed by atoms with Gasteiger partial charge in [0.2, 0.25) is 11.8 Å². The number of hydrazine groups is 1. The number of rotatable bonds is 4. The standard InChI is InChI=1S/C20H18FN3O2/c21-17-7-3-1-6-14(17)15-10-16(15)20(26)24-23-19(25)9-12-11-22-18-8-4-2-5-13(12)18/h1-8,11,15-16,22H,9-10H2,(H,23,25)(H,24,26). The number of hydrogen-bond donors (Lipinski definition) is 3. The van der Waals surface area contributed by atoms with Crippen LogP contribution in [0.5, 0.6) is 0 Å². The van der Waals surface area contributed by atoms with Gasteiger partial charge in [-0.15, -0.1) is 0 Å². The molecule has 0 saturated heterocycles. The van der Waals surface area contributed by atoms with Crippen LogP contribution >= 0.6 is 0 Å². The molecule has 26 heavy (non-hydrogen) atoms. The second-order valence-corrected chi connectivity index (χ2v) is 6.54. The van der Waals surface area contributed by atoms with Crippen molar-refractivity contribution in [2.24, 2.45) is 5.92 Å². The minimum Gasteiger partial charge on any atom is -0.361 e. The lowest BCUT2D eigenvalue weighted by atomic mass is 10.1. The predicted molar refractivity (Wildman–Crippen MR) is 95.5 cm³/mol. The average Bonchev–Trinajstić information content (AvgIpc) is 3.35. The molecule has 4 rings (SSSR count). The van der Waals surface area contributed by atoms with E-state index in [0.29, 0.717) is 12.0 Å². The molecule has 2 atom stereocenters. The first-order valence-corrected chi connectivity index (χ1v) is 8.51. The van der Waals surface area contributed by atoms with E-state index in [1.54, 1.807) is 24.4 Å². The van der Waals surface area contributed by atoms with Crippen LogP contribution in [-0.4, -0.2) is 16.8 Å². The highest BCUT2D eigenvalue weighted by Gasteiger charge is 2.45. The van der Waals surface area contributed by atoms with Crippen LogP contribution in [0.3, 0.4) is 0 Å². The number of benzene rings is 2. The fourth-order valence-corrected chi connectivity index (χ4v) is 3.32. The van der Waals surface area contributed by atoms with Crippen LogP contribution in [0, 0.1) is 11.7 Å². The fraction of sp³-hybridized carbons (Fsp3) is 0.200. The minimum absolute atomic E-state index is 0.123. The molecule has 0 bridgehead atoms. The van der Waals surface area contributed by atoms with E-state index in [2.05, 4.69) is 15.8 Å². The molecule has 132 valence electrons. The van der Waals surface area contributed by atoms with Gasteiger partial charge in [-0.2, -0.15) is 0 Å². The van der Waals surface area contributed by atoms with Gasteiger partial charge in [-0.05, 0) is 35.6 Å². The summed E-state index contributed by atoms with van der Waals surface area (Å²) in [4.78, 5) is 27.4. The highest BCUT2D eigenvalue weighted by molar-refractivity contribution is 5.90. The largest absolute Gasteiger partial charge is 0.361 e. The molecule has 1 aromatic heterocycles. The summed E-state index contributed by atoms with van der Waals surface area (Å²) in [5, 5.41) is 0.982. The summed E-state index contributed by atoms with van der Waals surface area (Å²) in [5.41, 5.74) is 7.28. The van der Waals surface area contributed by atoms with Crippen molar-refractivity contribution in [3.05, 3.63) is 71.7 Å². The summed E-state index contributed by atoms with van der Waals surface area (Å²) in [5.74, 6) is -1.31. The maximum Gasteiger partial charge on any atom is 0.242 e. The molecule has 0 aliphatic heterocycles. The van der Waals surface area contributed by atoms with E-state index < -0.39 is 0 Å². The van der Waals surface area contributed by atoms with E-state index in [4.69, 9.17) is 0 Å². The Balaban J connectivity index is 1.31. The second-order valence-electron chi connectivity index (χ2n) is 6.54. The molecule has 0 spiro atoms. The van der Waals surface area contributed by atoms with Gasteiger partial charge in [0.15, 0.2) is 0 Å². The monoisotopic (exact) mass is 351 g/mol. The summed E-state index contributed by atoms with van der Waals surface area (Å²) in [6.45, 7) is 0. The quantitative estimate of drug-likeness (QED) is 0.633. The number of amides is 2. The van der Waals surface area contributed by atoms with Crippen LogP contribution < -0.4 is 10.9 Å². The molecule has 2 unspecified atom stereocenters. The molecule has 1 fully saturated rings.